The molecule has 64 heavy (non-hydrogen) atoms. The van der Waals surface area contributed by atoms with Crippen molar-refractivity contribution < 1.29 is 47.7 Å². The van der Waals surface area contributed by atoms with Gasteiger partial charge in [0.05, 0.1) is 59.0 Å². The van der Waals surface area contributed by atoms with Crippen molar-refractivity contribution in [2.75, 3.05) is 13.2 Å². The van der Waals surface area contributed by atoms with E-state index in [2.05, 4.69) is 0 Å². The van der Waals surface area contributed by atoms with Gasteiger partial charge in [0.1, 0.15) is 36.6 Å². The monoisotopic (exact) mass is 866 g/mol. The zero-order chi connectivity index (χ0) is 43.6. The fourth-order valence-electron chi connectivity index (χ4n) is 8.02. The van der Waals surface area contributed by atoms with Crippen LogP contribution in [-0.2, 0) is 82.3 Å². The molecule has 0 bridgehead atoms. The Hall–Kier alpha value is -5.08. The van der Waals surface area contributed by atoms with Crippen molar-refractivity contribution in [3.63, 3.8) is 0 Å². The van der Waals surface area contributed by atoms with Gasteiger partial charge in [0, 0.05) is 6.42 Å². The Kier molecular flexibility index (Phi) is 17.3. The zero-order valence-corrected chi connectivity index (χ0v) is 36.0. The first-order chi connectivity index (χ1) is 31.6. The molecule has 6 aromatic rings. The highest BCUT2D eigenvalue weighted by Crippen LogP contribution is 2.33. The molecule has 2 aliphatic heterocycles. The lowest BCUT2D eigenvalue weighted by Gasteiger charge is -2.45. The minimum absolute atomic E-state index is 0.0102. The molecule has 0 saturated carbocycles. The third-order valence-corrected chi connectivity index (χ3v) is 11.4. The highest BCUT2D eigenvalue weighted by atomic mass is 16.7. The van der Waals surface area contributed by atoms with E-state index in [4.69, 9.17) is 42.6 Å². The molecule has 8 rings (SSSR count). The van der Waals surface area contributed by atoms with Crippen LogP contribution < -0.4 is 0 Å². The minimum Gasteiger partial charge on any atom is -0.374 e. The Morgan fingerprint density at radius 1 is 0.359 bits per heavy atom. The van der Waals surface area contributed by atoms with Gasteiger partial charge >= 0.3 is 0 Å². The molecule has 10 nitrogen and oxygen atoms in total. The van der Waals surface area contributed by atoms with Crippen molar-refractivity contribution in [2.45, 2.75) is 101 Å². The Bertz CT molecular complexity index is 2170. The topological polar surface area (TPSA) is 103 Å². The van der Waals surface area contributed by atoms with E-state index in [9.17, 15) is 5.11 Å². The second-order valence-electron chi connectivity index (χ2n) is 16.1. The molecule has 2 aliphatic rings. The summed E-state index contributed by atoms with van der Waals surface area (Å²) in [5.74, 6) is 0. The van der Waals surface area contributed by atoms with E-state index < -0.39 is 55.3 Å². The fourth-order valence-corrected chi connectivity index (χ4v) is 8.02. The van der Waals surface area contributed by atoms with Gasteiger partial charge < -0.3 is 47.7 Å². The van der Waals surface area contributed by atoms with E-state index in [0.29, 0.717) is 26.2 Å². The lowest BCUT2D eigenvalue weighted by Crippen LogP contribution is -2.61. The molecular weight excluding hydrogens is 809 g/mol. The van der Waals surface area contributed by atoms with E-state index >= 15 is 0 Å². The van der Waals surface area contributed by atoms with Crippen molar-refractivity contribution in [3.8, 4) is 0 Å². The molecule has 6 aromatic carbocycles. The number of ether oxygens (including phenoxy) is 9. The van der Waals surface area contributed by atoms with E-state index in [0.717, 1.165) is 33.4 Å². The smallest absolute Gasteiger partial charge is 0.184 e. The van der Waals surface area contributed by atoms with Crippen molar-refractivity contribution >= 4 is 0 Å². The summed E-state index contributed by atoms with van der Waals surface area (Å²) in [7, 11) is 0. The van der Waals surface area contributed by atoms with Gasteiger partial charge in [-0.25, -0.2) is 0 Å². The van der Waals surface area contributed by atoms with Crippen molar-refractivity contribution in [1.82, 2.24) is 0 Å². The number of benzene rings is 6. The van der Waals surface area contributed by atoms with Crippen molar-refractivity contribution in [3.05, 3.63) is 215 Å². The second-order valence-corrected chi connectivity index (χ2v) is 16.1. The van der Waals surface area contributed by atoms with Gasteiger partial charge in [0.15, 0.2) is 12.6 Å². The molecule has 2 fully saturated rings. The average Bonchev–Trinajstić information content (AvgIpc) is 3.35. The molecule has 10 heteroatoms. The lowest BCUT2D eigenvalue weighted by atomic mass is 9.97. The molecule has 5 unspecified atom stereocenters. The zero-order valence-electron chi connectivity index (χ0n) is 36.0. The molecule has 2 heterocycles. The standard InChI is InChI=1S/C54H58O10/c55-54-53(62-37-45-29-17-6-18-30-45)52(61-36-44-27-15-5-16-28-44)51(60-35-43-25-13-4-14-26-43)48(64-54)39-58-49-31-46(57-33-41-21-9-2-10-22-41)50(59-34-42-23-11-3-12-24-42)47(63-49)38-56-32-40-19-7-1-8-20-40/h1-30,46-55H,31-39H2/t46?,47?,48?,49-,50+,51-,52?,53?,54+/m1/s1. The average molecular weight is 867 g/mol. The van der Waals surface area contributed by atoms with E-state index in [-0.39, 0.29) is 33.0 Å². The Balaban J connectivity index is 1.03. The van der Waals surface area contributed by atoms with Crippen LogP contribution >= 0.6 is 0 Å². The molecule has 0 spiro atoms. The Morgan fingerprint density at radius 2 is 0.719 bits per heavy atom. The molecule has 0 aliphatic carbocycles. The van der Waals surface area contributed by atoms with Crippen LogP contribution in [0.25, 0.3) is 0 Å². The maximum Gasteiger partial charge on any atom is 0.184 e. The van der Waals surface area contributed by atoms with Crippen molar-refractivity contribution in [1.29, 1.82) is 0 Å². The number of aliphatic hydroxyl groups excluding tert-OH is 1. The summed E-state index contributed by atoms with van der Waals surface area (Å²) in [4.78, 5) is 0. The third-order valence-electron chi connectivity index (χ3n) is 11.4. The molecule has 2 saturated heterocycles. The van der Waals surface area contributed by atoms with Gasteiger partial charge in [0.2, 0.25) is 0 Å². The van der Waals surface area contributed by atoms with Crippen LogP contribution in [0, 0.1) is 0 Å². The van der Waals surface area contributed by atoms with E-state index in [1.807, 2.05) is 182 Å². The molecule has 0 aromatic heterocycles. The number of aliphatic hydroxyl groups is 1. The Morgan fingerprint density at radius 3 is 1.17 bits per heavy atom. The van der Waals surface area contributed by atoms with Crippen LogP contribution in [0.4, 0.5) is 0 Å². The van der Waals surface area contributed by atoms with Crippen LogP contribution in [0.5, 0.6) is 0 Å². The summed E-state index contributed by atoms with van der Waals surface area (Å²) >= 11 is 0. The highest BCUT2D eigenvalue weighted by Gasteiger charge is 2.49. The normalized spacial score (nSPS) is 24.6. The molecule has 1 N–H and O–H groups in total. The van der Waals surface area contributed by atoms with Gasteiger partial charge in [-0.05, 0) is 33.4 Å². The number of hydrogen-bond donors (Lipinski definition) is 1. The summed E-state index contributed by atoms with van der Waals surface area (Å²) in [5, 5.41) is 11.7. The van der Waals surface area contributed by atoms with Crippen LogP contribution in [0.1, 0.15) is 39.8 Å². The third kappa shape index (κ3) is 13.5. The lowest BCUT2D eigenvalue weighted by molar-refractivity contribution is -0.330. The largest absolute Gasteiger partial charge is 0.374 e. The van der Waals surface area contributed by atoms with Crippen LogP contribution in [0.3, 0.4) is 0 Å². The van der Waals surface area contributed by atoms with Gasteiger partial charge in [-0.1, -0.05) is 182 Å². The quantitative estimate of drug-likeness (QED) is 0.0712. The number of rotatable bonds is 22. The summed E-state index contributed by atoms with van der Waals surface area (Å²) in [6.45, 7) is 2.17. The minimum atomic E-state index is -1.35. The van der Waals surface area contributed by atoms with Gasteiger partial charge in [-0.3, -0.25) is 0 Å². The molecular formula is C54H58O10. The summed E-state index contributed by atoms with van der Waals surface area (Å²) in [6.07, 6.45) is -6.28. The van der Waals surface area contributed by atoms with Crippen LogP contribution in [0.15, 0.2) is 182 Å². The summed E-state index contributed by atoms with van der Waals surface area (Å²) in [5.41, 5.74) is 6.03. The molecule has 0 radical (unpaired) electrons. The SMILES string of the molecule is O[C@H]1OC(CO[C@H]2CC(OCc3ccccc3)[C@H](OCc3ccccc3)C(COCc3ccccc3)O2)[C@@H](OCc2ccccc2)C(OCc2ccccc2)C1OCc1ccccc1. The molecule has 9 atom stereocenters. The fraction of sp³-hybridized carbons (Fsp3) is 0.333. The summed E-state index contributed by atoms with van der Waals surface area (Å²) in [6, 6.07) is 59.9. The molecule has 334 valence electrons. The first-order valence-corrected chi connectivity index (χ1v) is 22.1. The first kappa shape index (κ1) is 45.5. The summed E-state index contributed by atoms with van der Waals surface area (Å²) < 4.78 is 59.5. The predicted molar refractivity (Wildman–Crippen MR) is 241 cm³/mol. The van der Waals surface area contributed by atoms with E-state index in [1.54, 1.807) is 0 Å². The second kappa shape index (κ2) is 24.3. The number of hydrogen-bond acceptors (Lipinski definition) is 10. The van der Waals surface area contributed by atoms with Crippen molar-refractivity contribution in [2.24, 2.45) is 0 Å². The van der Waals surface area contributed by atoms with Gasteiger partial charge in [0.25, 0.3) is 0 Å². The van der Waals surface area contributed by atoms with Gasteiger partial charge in [-0.2, -0.15) is 0 Å². The first-order valence-electron chi connectivity index (χ1n) is 22.1. The predicted octanol–water partition coefficient (Wildman–Crippen LogP) is 8.98. The van der Waals surface area contributed by atoms with Gasteiger partial charge in [-0.15, -0.1) is 0 Å². The Labute approximate surface area is 376 Å². The molecule has 0 amide bonds. The van der Waals surface area contributed by atoms with Crippen LogP contribution in [-0.4, -0.2) is 73.6 Å². The van der Waals surface area contributed by atoms with Crippen LogP contribution in [0.2, 0.25) is 0 Å². The maximum absolute atomic E-state index is 11.7. The highest BCUT2D eigenvalue weighted by molar-refractivity contribution is 5.18. The van der Waals surface area contributed by atoms with E-state index in [1.165, 1.54) is 0 Å². The maximum atomic E-state index is 11.7.